The van der Waals surface area contributed by atoms with Crippen LogP contribution in [0.5, 0.6) is 0 Å². The van der Waals surface area contributed by atoms with E-state index in [-0.39, 0.29) is 35.8 Å². The van der Waals surface area contributed by atoms with E-state index < -0.39 is 45.2 Å². The van der Waals surface area contributed by atoms with Crippen molar-refractivity contribution in [2.75, 3.05) is 13.2 Å². The van der Waals surface area contributed by atoms with Crippen LogP contribution in [0.2, 0.25) is 78.6 Å². The number of nitrogens with zero attached hydrogens (tertiary/aromatic N) is 4. The molecule has 15 heteroatoms. The first kappa shape index (κ1) is 49.6. The monoisotopic (exact) mass is 770 g/mol. The SMILES string of the molecule is C.CC(=N[Si](C)(C)C)O[Si](C)(C)C.CC(C)(C1=N[C@@H](C(C)(C)C)CO1)C1=N[C@@H](C(C)(C)C)CO1.C[Si](C)(C)N=C(O[Si](C)(C)C)C(F)(F)F. The molecular formula is C34H73F3N4O4Si4. The maximum absolute atomic E-state index is 12.6. The van der Waals surface area contributed by atoms with Crippen LogP contribution in [-0.2, 0) is 18.3 Å². The molecule has 0 saturated heterocycles. The lowest BCUT2D eigenvalue weighted by atomic mass is 9.87. The maximum atomic E-state index is 12.6. The van der Waals surface area contributed by atoms with E-state index >= 15 is 0 Å². The molecule has 2 atom stereocenters. The summed E-state index contributed by atoms with van der Waals surface area (Å²) in [4.78, 5) is 9.59. The summed E-state index contributed by atoms with van der Waals surface area (Å²) in [6, 6.07) is 0.402. The Morgan fingerprint density at radius 1 is 0.633 bits per heavy atom. The minimum absolute atomic E-state index is 0. The highest BCUT2D eigenvalue weighted by molar-refractivity contribution is 6.77. The molecule has 0 bridgehead atoms. The average Bonchev–Trinajstić information content (AvgIpc) is 3.45. The summed E-state index contributed by atoms with van der Waals surface area (Å²) in [5.74, 6) is 1.36. The highest BCUT2D eigenvalue weighted by atomic mass is 28.4. The molecule has 0 saturated carbocycles. The van der Waals surface area contributed by atoms with Crippen molar-refractivity contribution in [2.45, 2.75) is 167 Å². The Bertz CT molecular complexity index is 1140. The van der Waals surface area contributed by atoms with Crippen LogP contribution in [0.4, 0.5) is 13.2 Å². The minimum Gasteiger partial charge on any atom is -0.535 e. The number of ether oxygens (including phenoxy) is 2. The average molecular weight is 771 g/mol. The molecule has 290 valence electrons. The van der Waals surface area contributed by atoms with Gasteiger partial charge in [0.2, 0.25) is 16.6 Å². The van der Waals surface area contributed by atoms with Crippen molar-refractivity contribution in [3.63, 3.8) is 0 Å². The Balaban J connectivity index is 0. The van der Waals surface area contributed by atoms with Gasteiger partial charge in [0.15, 0.2) is 34.2 Å². The standard InChI is InChI=1S/C17H30N2O2.C8H18F3NOSi2.C8H21NOSi2.CH4/c1-15(2,3)11-9-20-13(18-11)17(7,8)14-19-12(10-21-14)16(4,5)6;1-14(2,3)12-7(8(9,10)11)13-15(4,5)6;1-8(9-11(2,3)4)10-12(5,6)7;/h11-12H,9-10H2,1-8H3;1-6H3;1-7H3;1H4/t11-,12-;;;/m1.../s1. The fourth-order valence-electron chi connectivity index (χ4n) is 4.09. The van der Waals surface area contributed by atoms with Gasteiger partial charge in [-0.15, -0.1) is 0 Å². The Morgan fingerprint density at radius 3 is 1.18 bits per heavy atom. The zero-order chi connectivity index (χ0) is 38.5. The molecule has 0 aromatic heterocycles. The first-order valence-corrected chi connectivity index (χ1v) is 30.6. The van der Waals surface area contributed by atoms with Gasteiger partial charge in [-0.05, 0) is 103 Å². The van der Waals surface area contributed by atoms with E-state index in [0.717, 1.165) is 17.7 Å². The predicted octanol–water partition coefficient (Wildman–Crippen LogP) is 11.1. The van der Waals surface area contributed by atoms with Crippen molar-refractivity contribution >= 4 is 56.7 Å². The van der Waals surface area contributed by atoms with Crippen molar-refractivity contribution in [3.8, 4) is 0 Å². The maximum Gasteiger partial charge on any atom is 0.465 e. The van der Waals surface area contributed by atoms with Gasteiger partial charge in [0.1, 0.15) is 18.6 Å². The predicted molar refractivity (Wildman–Crippen MR) is 216 cm³/mol. The topological polar surface area (TPSA) is 86.4 Å². The third-order valence-electron chi connectivity index (χ3n) is 6.40. The third kappa shape index (κ3) is 20.9. The summed E-state index contributed by atoms with van der Waals surface area (Å²) in [5.41, 5.74) is -0.158. The Hall–Kier alpha value is -1.46. The molecule has 8 nitrogen and oxygen atoms in total. The number of halogens is 3. The van der Waals surface area contributed by atoms with Crippen LogP contribution in [0, 0.1) is 16.2 Å². The zero-order valence-corrected chi connectivity index (χ0v) is 38.1. The molecule has 0 aliphatic carbocycles. The molecule has 0 unspecified atom stereocenters. The highest BCUT2D eigenvalue weighted by Crippen LogP contribution is 2.35. The van der Waals surface area contributed by atoms with Crippen molar-refractivity contribution < 1.29 is 31.5 Å². The van der Waals surface area contributed by atoms with Gasteiger partial charge in [-0.2, -0.15) is 13.2 Å². The van der Waals surface area contributed by atoms with Crippen LogP contribution >= 0.6 is 0 Å². The van der Waals surface area contributed by atoms with Gasteiger partial charge < -0.3 is 18.3 Å². The second-order valence-corrected chi connectivity index (χ2v) is 37.2. The number of rotatable bonds is 6. The summed E-state index contributed by atoms with van der Waals surface area (Å²) in [7, 11) is -7.19. The molecule has 0 aromatic rings. The van der Waals surface area contributed by atoms with Gasteiger partial charge in [-0.25, -0.2) is 9.98 Å². The van der Waals surface area contributed by atoms with E-state index in [2.05, 4.69) is 104 Å². The molecule has 2 aliphatic heterocycles. The summed E-state index contributed by atoms with van der Waals surface area (Å²) < 4.78 is 68.5. The number of aliphatic imine (C=N–C) groups is 2. The Kier molecular flexibility index (Phi) is 17.6. The normalized spacial score (nSPS) is 19.9. The number of hydrogen-bond acceptors (Lipinski definition) is 8. The zero-order valence-electron chi connectivity index (χ0n) is 34.1. The quantitative estimate of drug-likeness (QED) is 0.153. The van der Waals surface area contributed by atoms with Crippen LogP contribution in [0.3, 0.4) is 0 Å². The van der Waals surface area contributed by atoms with E-state index in [9.17, 15) is 13.2 Å². The lowest BCUT2D eigenvalue weighted by Crippen LogP contribution is -2.39. The molecule has 0 N–H and O–H groups in total. The lowest BCUT2D eigenvalue weighted by Gasteiger charge is -2.24. The van der Waals surface area contributed by atoms with Crippen molar-refractivity contribution in [2.24, 2.45) is 35.5 Å². The van der Waals surface area contributed by atoms with Gasteiger partial charge in [0.05, 0.1) is 12.1 Å². The van der Waals surface area contributed by atoms with Gasteiger partial charge in [-0.1, -0.05) is 49.0 Å². The minimum atomic E-state index is -4.47. The van der Waals surface area contributed by atoms with Gasteiger partial charge in [-0.3, -0.25) is 9.32 Å². The van der Waals surface area contributed by atoms with Crippen molar-refractivity contribution in [1.29, 1.82) is 0 Å². The summed E-state index contributed by atoms with van der Waals surface area (Å²) >= 11 is 0. The molecule has 0 aromatic carbocycles. The smallest absolute Gasteiger partial charge is 0.465 e. The van der Waals surface area contributed by atoms with E-state index in [1.54, 1.807) is 39.3 Å². The Labute approximate surface area is 302 Å². The molecule has 0 fully saturated rings. The molecular weight excluding hydrogens is 698 g/mol. The van der Waals surface area contributed by atoms with Crippen molar-refractivity contribution in [3.05, 3.63) is 0 Å². The third-order valence-corrected chi connectivity index (χ3v) is 9.97. The highest BCUT2D eigenvalue weighted by Gasteiger charge is 2.45. The molecule has 2 aliphatic rings. The van der Waals surface area contributed by atoms with Crippen LogP contribution in [-0.4, -0.2) is 88.2 Å². The van der Waals surface area contributed by atoms with Gasteiger partial charge in [0, 0.05) is 6.92 Å². The lowest BCUT2D eigenvalue weighted by molar-refractivity contribution is -0.0713. The fourth-order valence-corrected chi connectivity index (χ4v) is 7.72. The molecule has 2 heterocycles. The summed E-state index contributed by atoms with van der Waals surface area (Å²) in [6.07, 6.45) is -4.47. The van der Waals surface area contributed by atoms with E-state index in [4.69, 9.17) is 28.3 Å². The second-order valence-electron chi connectivity index (χ2n) is 19.2. The summed E-state index contributed by atoms with van der Waals surface area (Å²) in [6.45, 7) is 44.1. The molecule has 0 spiro atoms. The second kappa shape index (κ2) is 17.4. The fraction of sp³-hybridized carbons (Fsp3) is 0.882. The molecule has 0 amide bonds. The number of hydrogen-bond donors (Lipinski definition) is 0. The van der Waals surface area contributed by atoms with Crippen LogP contribution < -0.4 is 0 Å². The van der Waals surface area contributed by atoms with Crippen molar-refractivity contribution in [1.82, 2.24) is 0 Å². The summed E-state index contributed by atoms with van der Waals surface area (Å²) in [5, 5.41) is 0. The molecule has 49 heavy (non-hydrogen) atoms. The van der Waals surface area contributed by atoms with Crippen LogP contribution in [0.1, 0.15) is 69.7 Å². The van der Waals surface area contributed by atoms with Gasteiger partial charge in [0.25, 0.3) is 5.90 Å². The van der Waals surface area contributed by atoms with E-state index in [1.807, 2.05) is 6.92 Å². The van der Waals surface area contributed by atoms with E-state index in [1.165, 1.54) is 0 Å². The van der Waals surface area contributed by atoms with Crippen LogP contribution in [0.15, 0.2) is 19.3 Å². The number of alkyl halides is 3. The first-order valence-electron chi connectivity index (χ1n) is 16.9. The first-order chi connectivity index (χ1) is 20.8. The van der Waals surface area contributed by atoms with E-state index in [0.29, 0.717) is 13.2 Å². The Morgan fingerprint density at radius 2 is 0.959 bits per heavy atom. The molecule has 2 rings (SSSR count). The largest absolute Gasteiger partial charge is 0.535 e. The van der Waals surface area contributed by atoms with Gasteiger partial charge >= 0.3 is 6.18 Å². The van der Waals surface area contributed by atoms with Crippen LogP contribution in [0.25, 0.3) is 0 Å². The molecule has 0 radical (unpaired) electrons.